The quantitative estimate of drug-likeness (QED) is 0.795. The minimum atomic E-state index is 0.125. The first-order valence-corrected chi connectivity index (χ1v) is 7.28. The number of carbonyl (C=O) groups excluding carboxylic acids is 1. The minimum absolute atomic E-state index is 0.125. The van der Waals surface area contributed by atoms with Gasteiger partial charge in [0.15, 0.2) is 0 Å². The van der Waals surface area contributed by atoms with Crippen molar-refractivity contribution in [2.45, 2.75) is 12.8 Å². The van der Waals surface area contributed by atoms with Crippen LogP contribution in [0.1, 0.15) is 23.2 Å². The van der Waals surface area contributed by atoms with Crippen molar-refractivity contribution in [2.75, 3.05) is 38.0 Å². The van der Waals surface area contributed by atoms with Gasteiger partial charge in [-0.05, 0) is 43.0 Å². The van der Waals surface area contributed by atoms with Crippen LogP contribution in [-0.2, 0) is 0 Å². The molecule has 1 unspecified atom stereocenters. The normalized spacial score (nSPS) is 19.3. The molecule has 1 amide bonds. The first kappa shape index (κ1) is 14.2. The molecule has 1 aromatic carbocycles. The zero-order valence-electron chi connectivity index (χ0n) is 11.6. The summed E-state index contributed by atoms with van der Waals surface area (Å²) in [6.45, 7) is 1.64. The molecule has 1 heterocycles. The molecule has 4 heteroatoms. The number of amides is 1. The van der Waals surface area contributed by atoms with Crippen molar-refractivity contribution >= 4 is 23.2 Å². The Bertz CT molecular complexity index is 430. The van der Waals surface area contributed by atoms with Crippen LogP contribution in [0.2, 0.25) is 0 Å². The molecule has 0 N–H and O–H groups in total. The molecule has 3 nitrogen and oxygen atoms in total. The van der Waals surface area contributed by atoms with Crippen LogP contribution >= 0.6 is 11.6 Å². The van der Waals surface area contributed by atoms with Gasteiger partial charge in [-0.15, -0.1) is 11.6 Å². The van der Waals surface area contributed by atoms with Crippen LogP contribution in [0, 0.1) is 5.92 Å². The molecule has 104 valence electrons. The second-order valence-electron chi connectivity index (χ2n) is 5.36. The van der Waals surface area contributed by atoms with Gasteiger partial charge in [0.25, 0.3) is 5.91 Å². The van der Waals surface area contributed by atoms with Crippen molar-refractivity contribution in [3.63, 3.8) is 0 Å². The Kier molecular flexibility index (Phi) is 4.70. The third kappa shape index (κ3) is 3.41. The molecule has 1 fully saturated rings. The maximum Gasteiger partial charge on any atom is 0.253 e. The third-order valence-corrected chi connectivity index (χ3v) is 4.09. The smallest absolute Gasteiger partial charge is 0.253 e. The summed E-state index contributed by atoms with van der Waals surface area (Å²) in [5.74, 6) is 1.21. The highest BCUT2D eigenvalue weighted by atomic mass is 35.5. The van der Waals surface area contributed by atoms with Gasteiger partial charge in [0.2, 0.25) is 0 Å². The van der Waals surface area contributed by atoms with E-state index >= 15 is 0 Å². The molecule has 0 radical (unpaired) electrons. The number of piperidine rings is 1. The first-order chi connectivity index (χ1) is 9.11. The first-order valence-electron chi connectivity index (χ1n) is 6.74. The number of halogens is 1. The maximum atomic E-state index is 12.4. The van der Waals surface area contributed by atoms with E-state index < -0.39 is 0 Å². The van der Waals surface area contributed by atoms with Gasteiger partial charge in [-0.25, -0.2) is 0 Å². The zero-order chi connectivity index (χ0) is 13.8. The van der Waals surface area contributed by atoms with E-state index in [1.807, 2.05) is 48.2 Å². The summed E-state index contributed by atoms with van der Waals surface area (Å²) < 4.78 is 0. The van der Waals surface area contributed by atoms with Crippen molar-refractivity contribution in [2.24, 2.45) is 5.92 Å². The topological polar surface area (TPSA) is 23.6 Å². The van der Waals surface area contributed by atoms with E-state index in [1.165, 1.54) is 0 Å². The second kappa shape index (κ2) is 6.29. The summed E-state index contributed by atoms with van der Waals surface area (Å²) >= 11 is 5.91. The van der Waals surface area contributed by atoms with E-state index in [9.17, 15) is 4.79 Å². The fraction of sp³-hybridized carbons (Fsp3) is 0.533. The number of benzene rings is 1. The molecule has 0 aliphatic carbocycles. The van der Waals surface area contributed by atoms with Crippen molar-refractivity contribution < 1.29 is 4.79 Å². The van der Waals surface area contributed by atoms with Gasteiger partial charge in [0, 0.05) is 44.3 Å². The number of alkyl halides is 1. The van der Waals surface area contributed by atoms with Crippen LogP contribution in [0.5, 0.6) is 0 Å². The molecule has 0 saturated carbocycles. The standard InChI is InChI=1S/C15H21ClN2O/c1-17(2)14-7-5-13(6-8-14)15(19)18-9-3-4-12(10-16)11-18/h5-8,12H,3-4,9-11H2,1-2H3. The Labute approximate surface area is 120 Å². The lowest BCUT2D eigenvalue weighted by molar-refractivity contribution is 0.0685. The highest BCUT2D eigenvalue weighted by molar-refractivity contribution is 6.18. The summed E-state index contributed by atoms with van der Waals surface area (Å²) in [4.78, 5) is 16.4. The summed E-state index contributed by atoms with van der Waals surface area (Å²) in [7, 11) is 3.99. The predicted octanol–water partition coefficient (Wildman–Crippen LogP) is 2.84. The van der Waals surface area contributed by atoms with Crippen LogP contribution < -0.4 is 4.90 Å². The Balaban J connectivity index is 2.06. The molecule has 1 aromatic rings. The molecule has 0 bridgehead atoms. The van der Waals surface area contributed by atoms with Crippen molar-refractivity contribution in [3.05, 3.63) is 29.8 Å². The van der Waals surface area contributed by atoms with Gasteiger partial charge in [-0.3, -0.25) is 4.79 Å². The van der Waals surface area contributed by atoms with Gasteiger partial charge in [0.05, 0.1) is 0 Å². The van der Waals surface area contributed by atoms with Crippen molar-refractivity contribution in [3.8, 4) is 0 Å². The summed E-state index contributed by atoms with van der Waals surface area (Å²) in [5, 5.41) is 0. The molecular weight excluding hydrogens is 260 g/mol. The largest absolute Gasteiger partial charge is 0.378 e. The lowest BCUT2D eigenvalue weighted by Crippen LogP contribution is -2.40. The van der Waals surface area contributed by atoms with Gasteiger partial charge in [0.1, 0.15) is 0 Å². The lowest BCUT2D eigenvalue weighted by Gasteiger charge is -2.32. The molecule has 0 spiro atoms. The highest BCUT2D eigenvalue weighted by Crippen LogP contribution is 2.20. The van der Waals surface area contributed by atoms with Gasteiger partial charge in [-0.2, -0.15) is 0 Å². The highest BCUT2D eigenvalue weighted by Gasteiger charge is 2.23. The van der Waals surface area contributed by atoms with Crippen LogP contribution in [-0.4, -0.2) is 43.9 Å². The Morgan fingerprint density at radius 1 is 1.37 bits per heavy atom. The van der Waals surface area contributed by atoms with E-state index in [4.69, 9.17) is 11.6 Å². The summed E-state index contributed by atoms with van der Waals surface area (Å²) in [6.07, 6.45) is 2.19. The summed E-state index contributed by atoms with van der Waals surface area (Å²) in [6, 6.07) is 7.77. The fourth-order valence-corrected chi connectivity index (χ4v) is 2.71. The maximum absolute atomic E-state index is 12.4. The molecule has 0 aromatic heterocycles. The fourth-order valence-electron chi connectivity index (χ4n) is 2.46. The minimum Gasteiger partial charge on any atom is -0.378 e. The number of carbonyl (C=O) groups is 1. The second-order valence-corrected chi connectivity index (χ2v) is 5.66. The molecule has 19 heavy (non-hydrogen) atoms. The number of likely N-dealkylation sites (tertiary alicyclic amines) is 1. The number of nitrogens with zero attached hydrogens (tertiary/aromatic N) is 2. The van der Waals surface area contributed by atoms with E-state index in [0.29, 0.717) is 11.8 Å². The van der Waals surface area contributed by atoms with Gasteiger partial charge in [-0.1, -0.05) is 0 Å². The van der Waals surface area contributed by atoms with E-state index in [2.05, 4.69) is 0 Å². The molecule has 2 rings (SSSR count). The molecule has 1 atom stereocenters. The van der Waals surface area contributed by atoms with Crippen LogP contribution in [0.3, 0.4) is 0 Å². The van der Waals surface area contributed by atoms with Crippen LogP contribution in [0.15, 0.2) is 24.3 Å². The van der Waals surface area contributed by atoms with Crippen LogP contribution in [0.4, 0.5) is 5.69 Å². The third-order valence-electron chi connectivity index (χ3n) is 3.66. The predicted molar refractivity (Wildman–Crippen MR) is 80.1 cm³/mol. The Morgan fingerprint density at radius 3 is 2.63 bits per heavy atom. The zero-order valence-corrected chi connectivity index (χ0v) is 12.4. The van der Waals surface area contributed by atoms with E-state index in [0.717, 1.165) is 37.2 Å². The monoisotopic (exact) mass is 280 g/mol. The average Bonchev–Trinajstić information content (AvgIpc) is 2.46. The van der Waals surface area contributed by atoms with Crippen LogP contribution in [0.25, 0.3) is 0 Å². The number of anilines is 1. The molecule has 1 aliphatic rings. The molecular formula is C15H21ClN2O. The van der Waals surface area contributed by atoms with E-state index in [-0.39, 0.29) is 5.91 Å². The molecule has 1 saturated heterocycles. The summed E-state index contributed by atoms with van der Waals surface area (Å²) in [5.41, 5.74) is 1.87. The lowest BCUT2D eigenvalue weighted by atomic mass is 9.99. The van der Waals surface area contributed by atoms with Gasteiger partial charge < -0.3 is 9.80 Å². The van der Waals surface area contributed by atoms with Crippen molar-refractivity contribution in [1.29, 1.82) is 0 Å². The average molecular weight is 281 g/mol. The number of rotatable bonds is 3. The Morgan fingerprint density at radius 2 is 2.05 bits per heavy atom. The number of hydrogen-bond donors (Lipinski definition) is 0. The number of hydrogen-bond acceptors (Lipinski definition) is 2. The van der Waals surface area contributed by atoms with Crippen molar-refractivity contribution in [1.82, 2.24) is 4.90 Å². The molecule has 1 aliphatic heterocycles. The van der Waals surface area contributed by atoms with E-state index in [1.54, 1.807) is 0 Å². The SMILES string of the molecule is CN(C)c1ccc(C(=O)N2CCCC(CCl)C2)cc1. The van der Waals surface area contributed by atoms with Gasteiger partial charge >= 0.3 is 0 Å². The Hall–Kier alpha value is -1.22.